The summed E-state index contributed by atoms with van der Waals surface area (Å²) in [4.78, 5) is 15.0. The Hall–Kier alpha value is -2.53. The van der Waals surface area contributed by atoms with Crippen molar-refractivity contribution in [3.8, 4) is 11.5 Å². The molecular formula is C22H28N2O3. The fourth-order valence-electron chi connectivity index (χ4n) is 3.47. The predicted octanol–water partition coefficient (Wildman–Crippen LogP) is 3.35. The van der Waals surface area contributed by atoms with Gasteiger partial charge in [-0.15, -0.1) is 0 Å². The Morgan fingerprint density at radius 3 is 2.26 bits per heavy atom. The molecule has 27 heavy (non-hydrogen) atoms. The molecule has 144 valence electrons. The molecule has 1 aliphatic rings. The first-order valence-corrected chi connectivity index (χ1v) is 9.45. The Labute approximate surface area is 161 Å². The third-order valence-electron chi connectivity index (χ3n) is 5.12. The average molecular weight is 368 g/mol. The lowest BCUT2D eigenvalue weighted by Gasteiger charge is -2.32. The summed E-state index contributed by atoms with van der Waals surface area (Å²) in [5.74, 6) is 1.68. The lowest BCUT2D eigenvalue weighted by molar-refractivity contribution is 0.0934. The van der Waals surface area contributed by atoms with Gasteiger partial charge < -0.3 is 14.8 Å². The van der Waals surface area contributed by atoms with Crippen molar-refractivity contribution in [1.82, 2.24) is 10.2 Å². The van der Waals surface area contributed by atoms with E-state index in [4.69, 9.17) is 9.47 Å². The lowest BCUT2D eigenvalue weighted by atomic mass is 9.96. The van der Waals surface area contributed by atoms with Gasteiger partial charge in [0, 0.05) is 24.7 Å². The van der Waals surface area contributed by atoms with Gasteiger partial charge in [-0.1, -0.05) is 30.3 Å². The van der Waals surface area contributed by atoms with Gasteiger partial charge in [0.2, 0.25) is 0 Å². The summed E-state index contributed by atoms with van der Waals surface area (Å²) >= 11 is 0. The van der Waals surface area contributed by atoms with Crippen LogP contribution in [0.3, 0.4) is 0 Å². The highest BCUT2D eigenvalue weighted by Crippen LogP contribution is 2.23. The number of ether oxygens (including phenoxy) is 2. The third-order valence-corrected chi connectivity index (χ3v) is 5.12. The Bertz CT molecular complexity index is 718. The van der Waals surface area contributed by atoms with Crippen LogP contribution in [-0.4, -0.2) is 44.7 Å². The van der Waals surface area contributed by atoms with Crippen LogP contribution in [0.4, 0.5) is 0 Å². The molecule has 1 amide bonds. The summed E-state index contributed by atoms with van der Waals surface area (Å²) in [7, 11) is 3.17. The number of likely N-dealkylation sites (tertiary alicyclic amines) is 1. The normalized spacial score (nSPS) is 15.3. The van der Waals surface area contributed by atoms with Gasteiger partial charge in [0.1, 0.15) is 11.5 Å². The van der Waals surface area contributed by atoms with E-state index < -0.39 is 0 Å². The van der Waals surface area contributed by atoms with Gasteiger partial charge in [0.05, 0.1) is 14.2 Å². The van der Waals surface area contributed by atoms with Gasteiger partial charge in [0.25, 0.3) is 5.91 Å². The van der Waals surface area contributed by atoms with Crippen LogP contribution >= 0.6 is 0 Å². The van der Waals surface area contributed by atoms with Crippen LogP contribution in [0.5, 0.6) is 11.5 Å². The number of amides is 1. The van der Waals surface area contributed by atoms with Gasteiger partial charge in [0.15, 0.2) is 0 Å². The summed E-state index contributed by atoms with van der Waals surface area (Å²) in [6.45, 7) is 3.85. The highest BCUT2D eigenvalue weighted by atomic mass is 16.5. The van der Waals surface area contributed by atoms with Crippen molar-refractivity contribution < 1.29 is 14.3 Å². The van der Waals surface area contributed by atoms with Crippen molar-refractivity contribution in [2.45, 2.75) is 19.4 Å². The van der Waals surface area contributed by atoms with Crippen LogP contribution in [0, 0.1) is 5.92 Å². The first-order valence-electron chi connectivity index (χ1n) is 9.45. The van der Waals surface area contributed by atoms with Crippen LogP contribution in [-0.2, 0) is 6.54 Å². The van der Waals surface area contributed by atoms with Crippen molar-refractivity contribution >= 4 is 5.91 Å². The first kappa shape index (κ1) is 19.2. The number of carbonyl (C=O) groups is 1. The number of methoxy groups -OCH3 is 2. The van der Waals surface area contributed by atoms with Crippen LogP contribution in [0.15, 0.2) is 48.5 Å². The lowest BCUT2D eigenvalue weighted by Crippen LogP contribution is -2.38. The molecule has 0 bridgehead atoms. The van der Waals surface area contributed by atoms with E-state index in [0.717, 1.165) is 32.5 Å². The van der Waals surface area contributed by atoms with Gasteiger partial charge in [-0.05, 0) is 49.5 Å². The van der Waals surface area contributed by atoms with E-state index in [1.54, 1.807) is 32.4 Å². The van der Waals surface area contributed by atoms with E-state index in [-0.39, 0.29) is 5.91 Å². The van der Waals surface area contributed by atoms with Gasteiger partial charge in [-0.3, -0.25) is 9.69 Å². The Balaban J connectivity index is 1.46. The average Bonchev–Trinajstić information content (AvgIpc) is 2.73. The minimum absolute atomic E-state index is 0.0843. The molecule has 1 fully saturated rings. The van der Waals surface area contributed by atoms with Crippen molar-refractivity contribution in [3.05, 3.63) is 59.7 Å². The number of nitrogens with zero attached hydrogens (tertiary/aromatic N) is 1. The number of piperidine rings is 1. The fourth-order valence-corrected chi connectivity index (χ4v) is 3.47. The van der Waals surface area contributed by atoms with Crippen LogP contribution in [0.1, 0.15) is 28.8 Å². The molecule has 3 rings (SSSR count). The maximum atomic E-state index is 12.5. The van der Waals surface area contributed by atoms with Crippen LogP contribution in [0.25, 0.3) is 0 Å². The largest absolute Gasteiger partial charge is 0.497 e. The van der Waals surface area contributed by atoms with E-state index in [1.807, 2.05) is 0 Å². The molecule has 1 saturated heterocycles. The number of benzene rings is 2. The predicted molar refractivity (Wildman–Crippen MR) is 106 cm³/mol. The minimum Gasteiger partial charge on any atom is -0.497 e. The summed E-state index contributed by atoms with van der Waals surface area (Å²) in [6.07, 6.45) is 2.21. The van der Waals surface area contributed by atoms with Crippen LogP contribution < -0.4 is 14.8 Å². The zero-order valence-corrected chi connectivity index (χ0v) is 16.1. The number of hydrogen-bond donors (Lipinski definition) is 1. The second-order valence-corrected chi connectivity index (χ2v) is 7.02. The molecule has 2 aromatic carbocycles. The molecule has 5 nitrogen and oxygen atoms in total. The smallest absolute Gasteiger partial charge is 0.251 e. The zero-order valence-electron chi connectivity index (χ0n) is 16.1. The number of rotatable bonds is 7. The summed E-state index contributed by atoms with van der Waals surface area (Å²) in [6, 6.07) is 15.8. The molecule has 0 spiro atoms. The zero-order chi connectivity index (χ0) is 19.1. The summed E-state index contributed by atoms with van der Waals surface area (Å²) < 4.78 is 10.5. The van der Waals surface area contributed by atoms with E-state index in [9.17, 15) is 4.79 Å². The van der Waals surface area contributed by atoms with E-state index >= 15 is 0 Å². The van der Waals surface area contributed by atoms with Gasteiger partial charge in [-0.25, -0.2) is 0 Å². The van der Waals surface area contributed by atoms with Gasteiger partial charge in [-0.2, -0.15) is 0 Å². The fraction of sp³-hybridized carbons (Fsp3) is 0.409. The molecule has 0 aliphatic carbocycles. The molecule has 5 heteroatoms. The van der Waals surface area contributed by atoms with E-state index in [2.05, 4.69) is 40.5 Å². The topological polar surface area (TPSA) is 50.8 Å². The molecule has 0 atom stereocenters. The van der Waals surface area contributed by atoms with E-state index in [1.165, 1.54) is 5.56 Å². The molecule has 0 unspecified atom stereocenters. The minimum atomic E-state index is -0.0843. The van der Waals surface area contributed by atoms with E-state index in [0.29, 0.717) is 29.5 Å². The van der Waals surface area contributed by atoms with Crippen molar-refractivity contribution in [3.63, 3.8) is 0 Å². The molecule has 1 heterocycles. The SMILES string of the molecule is COc1cc(OC)cc(C(=O)NCC2CCN(Cc3ccccc3)CC2)c1. The molecular weight excluding hydrogens is 340 g/mol. The maximum Gasteiger partial charge on any atom is 0.251 e. The number of nitrogens with one attached hydrogen (secondary N) is 1. The molecule has 0 aromatic heterocycles. The summed E-state index contributed by atoms with van der Waals surface area (Å²) in [5.41, 5.74) is 1.92. The Morgan fingerprint density at radius 2 is 1.67 bits per heavy atom. The standard InChI is InChI=1S/C22H28N2O3/c1-26-20-12-19(13-21(14-20)27-2)22(25)23-15-17-8-10-24(11-9-17)16-18-6-4-3-5-7-18/h3-7,12-14,17H,8-11,15-16H2,1-2H3,(H,23,25). The summed E-state index contributed by atoms with van der Waals surface area (Å²) in [5, 5.41) is 3.07. The molecule has 0 saturated carbocycles. The van der Waals surface area contributed by atoms with Gasteiger partial charge >= 0.3 is 0 Å². The highest BCUT2D eigenvalue weighted by Gasteiger charge is 2.20. The second kappa shape index (κ2) is 9.42. The highest BCUT2D eigenvalue weighted by molar-refractivity contribution is 5.95. The quantitative estimate of drug-likeness (QED) is 0.814. The molecule has 1 N–H and O–H groups in total. The first-order chi connectivity index (χ1) is 13.2. The van der Waals surface area contributed by atoms with Crippen molar-refractivity contribution in [1.29, 1.82) is 0 Å². The maximum absolute atomic E-state index is 12.5. The van der Waals surface area contributed by atoms with Crippen molar-refractivity contribution in [2.75, 3.05) is 33.9 Å². The molecule has 0 radical (unpaired) electrons. The third kappa shape index (κ3) is 5.47. The second-order valence-electron chi connectivity index (χ2n) is 7.02. The molecule has 1 aliphatic heterocycles. The van der Waals surface area contributed by atoms with Crippen molar-refractivity contribution in [2.24, 2.45) is 5.92 Å². The Morgan fingerprint density at radius 1 is 1.04 bits per heavy atom. The Kier molecular flexibility index (Phi) is 6.71. The number of hydrogen-bond acceptors (Lipinski definition) is 4. The van der Waals surface area contributed by atoms with Crippen LogP contribution in [0.2, 0.25) is 0 Å². The molecule has 2 aromatic rings. The monoisotopic (exact) mass is 368 g/mol. The number of carbonyl (C=O) groups excluding carboxylic acids is 1.